The third-order valence-corrected chi connectivity index (χ3v) is 3.58. The zero-order valence-corrected chi connectivity index (χ0v) is 11.0. The topological polar surface area (TPSA) is 53.4 Å². The van der Waals surface area contributed by atoms with Crippen LogP contribution in [0.4, 0.5) is 5.69 Å². The van der Waals surface area contributed by atoms with Crippen molar-refractivity contribution in [2.75, 3.05) is 18.0 Å². The monoisotopic (exact) mass is 248 g/mol. The van der Waals surface area contributed by atoms with Gasteiger partial charge in [-0.05, 0) is 24.5 Å². The third-order valence-electron chi connectivity index (χ3n) is 3.58. The molecule has 1 saturated heterocycles. The molecule has 2 rings (SSSR count). The van der Waals surface area contributed by atoms with E-state index in [1.54, 1.807) is 12.3 Å². The Hall–Kier alpha value is -1.42. The van der Waals surface area contributed by atoms with Gasteiger partial charge in [0.25, 0.3) is 0 Å². The number of ketones is 1. The van der Waals surface area contributed by atoms with Crippen LogP contribution in [0.15, 0.2) is 18.3 Å². The fourth-order valence-electron chi connectivity index (χ4n) is 2.29. The number of piperidine rings is 1. The Morgan fingerprint density at radius 3 is 2.89 bits per heavy atom. The molecule has 1 aromatic heterocycles. The molecule has 1 N–H and O–H groups in total. The summed E-state index contributed by atoms with van der Waals surface area (Å²) in [6.07, 6.45) is 2.83. The number of aliphatic hydroxyl groups excluding tert-OH is 1. The van der Waals surface area contributed by atoms with Gasteiger partial charge in [-0.1, -0.05) is 13.8 Å². The number of Topliss-reactive ketones (excluding diaryl/α,β-unsaturated/α-hetero) is 1. The summed E-state index contributed by atoms with van der Waals surface area (Å²) in [6, 6.07) is 3.73. The molecule has 0 radical (unpaired) electrons. The molecule has 4 nitrogen and oxygen atoms in total. The van der Waals surface area contributed by atoms with Crippen molar-refractivity contribution in [2.24, 2.45) is 5.92 Å². The summed E-state index contributed by atoms with van der Waals surface area (Å²) in [5.41, 5.74) is 1.56. The Balaban J connectivity index is 2.08. The van der Waals surface area contributed by atoms with E-state index in [4.69, 9.17) is 0 Å². The Bertz CT molecular complexity index is 416. The number of hydrogen-bond acceptors (Lipinski definition) is 4. The molecule has 1 aromatic rings. The highest BCUT2D eigenvalue weighted by atomic mass is 16.3. The largest absolute Gasteiger partial charge is 0.393 e. The van der Waals surface area contributed by atoms with E-state index in [0.717, 1.165) is 25.2 Å². The van der Waals surface area contributed by atoms with Gasteiger partial charge >= 0.3 is 0 Å². The minimum atomic E-state index is -0.199. The number of carbonyl (C=O) groups is 1. The summed E-state index contributed by atoms with van der Waals surface area (Å²) in [4.78, 5) is 17.9. The quantitative estimate of drug-likeness (QED) is 0.830. The van der Waals surface area contributed by atoms with E-state index >= 15 is 0 Å². The highest BCUT2D eigenvalue weighted by molar-refractivity contribution is 5.94. The van der Waals surface area contributed by atoms with E-state index in [-0.39, 0.29) is 17.8 Å². The molecule has 2 unspecified atom stereocenters. The zero-order valence-electron chi connectivity index (χ0n) is 11.0. The predicted octanol–water partition coefficient (Wildman–Crippen LogP) is 1.88. The molecule has 4 heteroatoms. The van der Waals surface area contributed by atoms with Crippen LogP contribution in [0.25, 0.3) is 0 Å². The maximum atomic E-state index is 11.5. The van der Waals surface area contributed by atoms with Gasteiger partial charge in [0.05, 0.1) is 18.0 Å². The fourth-order valence-corrected chi connectivity index (χ4v) is 2.29. The van der Waals surface area contributed by atoms with Crippen LogP contribution >= 0.6 is 0 Å². The van der Waals surface area contributed by atoms with Gasteiger partial charge in [-0.25, -0.2) is 0 Å². The molecule has 0 saturated carbocycles. The van der Waals surface area contributed by atoms with E-state index < -0.39 is 0 Å². The van der Waals surface area contributed by atoms with Crippen molar-refractivity contribution in [3.05, 3.63) is 24.0 Å². The molecule has 0 aliphatic carbocycles. The lowest BCUT2D eigenvalue weighted by Crippen LogP contribution is -2.42. The molecule has 1 aliphatic heterocycles. The van der Waals surface area contributed by atoms with Gasteiger partial charge in [0, 0.05) is 19.5 Å². The van der Waals surface area contributed by atoms with Gasteiger partial charge in [0.15, 0.2) is 5.78 Å². The Labute approximate surface area is 108 Å². The molecule has 0 aromatic carbocycles. The van der Waals surface area contributed by atoms with Crippen LogP contribution < -0.4 is 4.90 Å². The van der Waals surface area contributed by atoms with Gasteiger partial charge in [-0.3, -0.25) is 9.78 Å². The van der Waals surface area contributed by atoms with Crippen molar-refractivity contribution in [3.63, 3.8) is 0 Å². The van der Waals surface area contributed by atoms with Crippen molar-refractivity contribution in [1.29, 1.82) is 0 Å². The van der Waals surface area contributed by atoms with Gasteiger partial charge in [0.2, 0.25) is 0 Å². The molecule has 1 aliphatic rings. The van der Waals surface area contributed by atoms with Crippen molar-refractivity contribution >= 4 is 11.5 Å². The normalized spacial score (nSPS) is 24.1. The first-order valence-corrected chi connectivity index (χ1v) is 6.54. The van der Waals surface area contributed by atoms with Crippen molar-refractivity contribution in [3.8, 4) is 0 Å². The van der Waals surface area contributed by atoms with Gasteiger partial charge in [-0.2, -0.15) is 0 Å². The second-order valence-corrected chi connectivity index (χ2v) is 4.96. The standard InChI is InChI=1S/C14H20N2O2/c1-3-13(17)12-5-4-11(8-15-12)16-7-6-14(18)10(2)9-16/h4-5,8,10,14,18H,3,6-7,9H2,1-2H3. The summed E-state index contributed by atoms with van der Waals surface area (Å²) in [7, 11) is 0. The van der Waals surface area contributed by atoms with Gasteiger partial charge in [-0.15, -0.1) is 0 Å². The average molecular weight is 248 g/mol. The van der Waals surface area contributed by atoms with Gasteiger partial charge < -0.3 is 10.0 Å². The predicted molar refractivity (Wildman–Crippen MR) is 70.9 cm³/mol. The van der Waals surface area contributed by atoms with E-state index in [1.807, 2.05) is 13.0 Å². The maximum Gasteiger partial charge on any atom is 0.180 e. The van der Waals surface area contributed by atoms with E-state index in [1.165, 1.54) is 0 Å². The summed E-state index contributed by atoms with van der Waals surface area (Å²) in [5.74, 6) is 0.347. The lowest BCUT2D eigenvalue weighted by molar-refractivity contribution is 0.0971. The Kier molecular flexibility index (Phi) is 3.97. The minimum Gasteiger partial charge on any atom is -0.393 e. The van der Waals surface area contributed by atoms with Crippen molar-refractivity contribution in [2.45, 2.75) is 32.8 Å². The van der Waals surface area contributed by atoms with Crippen LogP contribution in [0.3, 0.4) is 0 Å². The zero-order chi connectivity index (χ0) is 13.1. The number of anilines is 1. The average Bonchev–Trinajstić information content (AvgIpc) is 2.41. The highest BCUT2D eigenvalue weighted by Crippen LogP contribution is 2.22. The molecule has 18 heavy (non-hydrogen) atoms. The molecule has 98 valence electrons. The van der Waals surface area contributed by atoms with Crippen LogP contribution in [0.1, 0.15) is 37.2 Å². The van der Waals surface area contributed by atoms with Crippen molar-refractivity contribution in [1.82, 2.24) is 4.98 Å². The molecule has 0 amide bonds. The number of pyridine rings is 1. The lowest BCUT2D eigenvalue weighted by atomic mass is 9.96. The molecule has 0 spiro atoms. The molecule has 1 fully saturated rings. The third kappa shape index (κ3) is 2.70. The lowest BCUT2D eigenvalue weighted by Gasteiger charge is -2.35. The SMILES string of the molecule is CCC(=O)c1ccc(N2CCC(O)C(C)C2)cn1. The maximum absolute atomic E-state index is 11.5. The van der Waals surface area contributed by atoms with Crippen LogP contribution in [-0.2, 0) is 0 Å². The molecular weight excluding hydrogens is 228 g/mol. The summed E-state index contributed by atoms with van der Waals surface area (Å²) in [5, 5.41) is 9.70. The summed E-state index contributed by atoms with van der Waals surface area (Å²) < 4.78 is 0. The number of aromatic nitrogens is 1. The van der Waals surface area contributed by atoms with E-state index in [0.29, 0.717) is 12.1 Å². The Morgan fingerprint density at radius 1 is 1.56 bits per heavy atom. The Morgan fingerprint density at radius 2 is 2.33 bits per heavy atom. The molecule has 2 atom stereocenters. The summed E-state index contributed by atoms with van der Waals surface area (Å²) >= 11 is 0. The first kappa shape index (κ1) is 13.0. The van der Waals surface area contributed by atoms with E-state index in [2.05, 4.69) is 16.8 Å². The van der Waals surface area contributed by atoms with Gasteiger partial charge in [0.1, 0.15) is 5.69 Å². The number of rotatable bonds is 3. The smallest absolute Gasteiger partial charge is 0.180 e. The first-order valence-electron chi connectivity index (χ1n) is 6.54. The second kappa shape index (κ2) is 5.48. The first-order chi connectivity index (χ1) is 8.61. The molecular formula is C14H20N2O2. The number of nitrogens with zero attached hydrogens (tertiary/aromatic N) is 2. The van der Waals surface area contributed by atoms with Crippen molar-refractivity contribution < 1.29 is 9.90 Å². The van der Waals surface area contributed by atoms with Crippen LogP contribution in [0.2, 0.25) is 0 Å². The number of hydrogen-bond donors (Lipinski definition) is 1. The fraction of sp³-hybridized carbons (Fsp3) is 0.571. The number of carbonyl (C=O) groups excluding carboxylic acids is 1. The summed E-state index contributed by atoms with van der Waals surface area (Å²) in [6.45, 7) is 5.57. The highest BCUT2D eigenvalue weighted by Gasteiger charge is 2.24. The van der Waals surface area contributed by atoms with Crippen LogP contribution in [0, 0.1) is 5.92 Å². The van der Waals surface area contributed by atoms with Crippen LogP contribution in [0.5, 0.6) is 0 Å². The molecule has 0 bridgehead atoms. The molecule has 2 heterocycles. The second-order valence-electron chi connectivity index (χ2n) is 4.96. The van der Waals surface area contributed by atoms with Crippen LogP contribution in [-0.4, -0.2) is 35.1 Å². The number of aliphatic hydroxyl groups is 1. The minimum absolute atomic E-state index is 0.0731. The van der Waals surface area contributed by atoms with E-state index in [9.17, 15) is 9.90 Å².